The number of nitrogens with one attached hydrogen (secondary N) is 2. The maximum atomic E-state index is 13.6. The second-order valence-corrected chi connectivity index (χ2v) is 10.8. The van der Waals surface area contributed by atoms with Gasteiger partial charge in [0.05, 0.1) is 29.5 Å². The van der Waals surface area contributed by atoms with Crippen molar-refractivity contribution < 1.29 is 19.1 Å². The molecule has 0 saturated carbocycles. The molecule has 0 radical (unpaired) electrons. The van der Waals surface area contributed by atoms with Crippen LogP contribution in [0.5, 0.6) is 0 Å². The van der Waals surface area contributed by atoms with E-state index in [2.05, 4.69) is 15.6 Å². The second-order valence-electron chi connectivity index (χ2n) is 10.4. The molecular formula is C28H25ClN4O6. The number of hydrogen-bond acceptors (Lipinski definition) is 8. The highest BCUT2D eigenvalue weighted by atomic mass is 35.5. The van der Waals surface area contributed by atoms with Crippen molar-refractivity contribution in [3.63, 3.8) is 0 Å². The number of furan rings is 1. The van der Waals surface area contributed by atoms with Gasteiger partial charge in [-0.05, 0) is 48.7 Å². The molecule has 4 aromatic rings. The Labute approximate surface area is 227 Å². The van der Waals surface area contributed by atoms with Crippen LogP contribution in [0.15, 0.2) is 56.6 Å². The highest BCUT2D eigenvalue weighted by molar-refractivity contribution is 6.33. The van der Waals surface area contributed by atoms with E-state index in [0.717, 1.165) is 0 Å². The lowest BCUT2D eigenvalue weighted by Crippen LogP contribution is -2.39. The Morgan fingerprint density at radius 3 is 2.46 bits per heavy atom. The van der Waals surface area contributed by atoms with E-state index in [1.165, 1.54) is 23.2 Å². The van der Waals surface area contributed by atoms with E-state index in [1.54, 1.807) is 12.1 Å². The molecule has 200 valence electrons. The highest BCUT2D eigenvalue weighted by Gasteiger charge is 2.37. The van der Waals surface area contributed by atoms with E-state index in [4.69, 9.17) is 16.0 Å². The van der Waals surface area contributed by atoms with Crippen molar-refractivity contribution in [1.82, 2.24) is 4.98 Å². The van der Waals surface area contributed by atoms with Crippen molar-refractivity contribution in [2.45, 2.75) is 40.3 Å². The first-order chi connectivity index (χ1) is 18.4. The minimum atomic E-state index is -1.28. The average Bonchev–Trinajstić information content (AvgIpc) is 3.47. The zero-order valence-electron chi connectivity index (χ0n) is 21.6. The lowest BCUT2D eigenvalue weighted by molar-refractivity contribution is 0.0691. The minimum Gasteiger partial charge on any atom is -0.476 e. The number of aryl methyl sites for hydroxylation is 1. The van der Waals surface area contributed by atoms with Gasteiger partial charge in [-0.2, -0.15) is 0 Å². The van der Waals surface area contributed by atoms with E-state index in [9.17, 15) is 24.3 Å². The molecule has 0 fully saturated rings. The molecule has 0 spiro atoms. The molecule has 1 atom stereocenters. The van der Waals surface area contributed by atoms with Crippen LogP contribution >= 0.6 is 11.6 Å². The molecule has 0 unspecified atom stereocenters. The first-order valence-corrected chi connectivity index (χ1v) is 12.5. The normalized spacial score (nSPS) is 14.0. The third-order valence-corrected chi connectivity index (χ3v) is 7.04. The van der Waals surface area contributed by atoms with Crippen molar-refractivity contribution >= 4 is 46.2 Å². The van der Waals surface area contributed by atoms with Gasteiger partial charge >= 0.3 is 5.97 Å². The fourth-order valence-corrected chi connectivity index (χ4v) is 4.93. The minimum absolute atomic E-state index is 0.00939. The fraction of sp³-hybridized carbons (Fsp3) is 0.250. The van der Waals surface area contributed by atoms with Gasteiger partial charge in [0.2, 0.25) is 0 Å². The molecule has 1 aliphatic heterocycles. The van der Waals surface area contributed by atoms with Crippen molar-refractivity contribution in [2.75, 3.05) is 15.5 Å². The summed E-state index contributed by atoms with van der Waals surface area (Å²) in [5.41, 5.74) is -0.965. The predicted octanol–water partition coefficient (Wildman–Crippen LogP) is 5.03. The van der Waals surface area contributed by atoms with Gasteiger partial charge in [0.1, 0.15) is 22.9 Å². The summed E-state index contributed by atoms with van der Waals surface area (Å²) < 4.78 is 5.81. The number of halogens is 1. The van der Waals surface area contributed by atoms with Crippen LogP contribution in [0.25, 0.3) is 0 Å². The maximum absolute atomic E-state index is 13.6. The summed E-state index contributed by atoms with van der Waals surface area (Å²) >= 11 is 6.42. The number of carboxylic acid groups (broad SMARTS) is 1. The van der Waals surface area contributed by atoms with Crippen molar-refractivity contribution in [1.29, 1.82) is 0 Å². The summed E-state index contributed by atoms with van der Waals surface area (Å²) in [6.07, 6.45) is 1.33. The van der Waals surface area contributed by atoms with Gasteiger partial charge in [-0.3, -0.25) is 14.4 Å². The molecule has 1 amide bonds. The zero-order chi connectivity index (χ0) is 28.2. The first-order valence-electron chi connectivity index (χ1n) is 12.1. The number of anilines is 4. The molecule has 0 bridgehead atoms. The average molecular weight is 549 g/mol. The van der Waals surface area contributed by atoms with Crippen LogP contribution in [0.4, 0.5) is 22.7 Å². The Bertz CT molecular complexity index is 1710. The summed E-state index contributed by atoms with van der Waals surface area (Å²) in [6.45, 7) is 7.76. The number of nitrogens with zero attached hydrogens (tertiary/aromatic N) is 2. The van der Waals surface area contributed by atoms with Gasteiger partial charge in [-0.15, -0.1) is 0 Å². The van der Waals surface area contributed by atoms with Gasteiger partial charge in [0, 0.05) is 16.8 Å². The predicted molar refractivity (Wildman–Crippen MR) is 147 cm³/mol. The number of aromatic carboxylic acids is 1. The number of benzene rings is 1. The van der Waals surface area contributed by atoms with E-state index >= 15 is 0 Å². The topological polar surface area (TPSA) is 142 Å². The first kappa shape index (κ1) is 26.2. The molecule has 39 heavy (non-hydrogen) atoms. The van der Waals surface area contributed by atoms with Gasteiger partial charge in [0.15, 0.2) is 5.69 Å². The van der Waals surface area contributed by atoms with Crippen LogP contribution in [0, 0.1) is 12.3 Å². The molecule has 5 rings (SSSR count). The SMILES string of the molecule is Cc1ccc([C@H](Nc2c(Nc3ccc(Cl)c4c3C(=O)N(c3cccnc3C(=O)O)C4)c(=O)c2=O)C(C)(C)C)o1. The number of amides is 1. The summed E-state index contributed by atoms with van der Waals surface area (Å²) in [6, 6.07) is 9.35. The van der Waals surface area contributed by atoms with E-state index < -0.39 is 28.8 Å². The summed E-state index contributed by atoms with van der Waals surface area (Å²) in [5, 5.41) is 16.0. The lowest BCUT2D eigenvalue weighted by atomic mass is 9.85. The molecule has 10 nitrogen and oxygen atoms in total. The number of carboxylic acids is 1. The largest absolute Gasteiger partial charge is 0.476 e. The van der Waals surface area contributed by atoms with E-state index in [0.29, 0.717) is 22.1 Å². The van der Waals surface area contributed by atoms with Gasteiger partial charge < -0.3 is 25.1 Å². The van der Waals surface area contributed by atoms with Crippen LogP contribution in [0.1, 0.15) is 64.7 Å². The standard InChI is InChI=1S/C28H25ClN4O6/c1-13-7-10-18(39-13)25(28(2,3)4)32-22-21(23(34)24(22)35)31-16-9-8-15(29)14-12-33(26(36)19(14)16)17-6-5-11-30-20(17)27(37)38/h5-11,25,31-32H,12H2,1-4H3,(H,37,38)/t25-/m0/s1. The third kappa shape index (κ3) is 4.46. The lowest BCUT2D eigenvalue weighted by Gasteiger charge is -2.31. The summed E-state index contributed by atoms with van der Waals surface area (Å²) in [5.74, 6) is -0.470. The maximum Gasteiger partial charge on any atom is 0.356 e. The number of carbonyl (C=O) groups is 2. The molecule has 3 N–H and O–H groups in total. The number of fused-ring (bicyclic) bond motifs is 1. The molecule has 2 aromatic heterocycles. The third-order valence-electron chi connectivity index (χ3n) is 6.68. The van der Waals surface area contributed by atoms with E-state index in [-0.39, 0.29) is 46.0 Å². The number of pyridine rings is 1. The molecule has 3 heterocycles. The highest BCUT2D eigenvalue weighted by Crippen LogP contribution is 2.41. The molecule has 0 aliphatic carbocycles. The fourth-order valence-electron chi connectivity index (χ4n) is 4.71. The Kier molecular flexibility index (Phi) is 6.30. The number of hydrogen-bond donors (Lipinski definition) is 3. The van der Waals surface area contributed by atoms with Gasteiger partial charge in [0.25, 0.3) is 16.8 Å². The smallest absolute Gasteiger partial charge is 0.356 e. The number of aromatic nitrogens is 1. The zero-order valence-corrected chi connectivity index (χ0v) is 22.3. The Hall–Kier alpha value is -4.44. The number of carbonyl (C=O) groups excluding carboxylic acids is 1. The Morgan fingerprint density at radius 1 is 1.10 bits per heavy atom. The summed E-state index contributed by atoms with van der Waals surface area (Å²) in [4.78, 5) is 55.8. The van der Waals surface area contributed by atoms with Crippen LogP contribution in [-0.2, 0) is 6.54 Å². The van der Waals surface area contributed by atoms with Crippen molar-refractivity contribution in [3.8, 4) is 0 Å². The molecule has 2 aromatic carbocycles. The van der Waals surface area contributed by atoms with E-state index in [1.807, 2.05) is 39.8 Å². The summed E-state index contributed by atoms with van der Waals surface area (Å²) in [7, 11) is 0. The van der Waals surface area contributed by atoms with Crippen molar-refractivity contribution in [2.24, 2.45) is 5.41 Å². The van der Waals surface area contributed by atoms with Gasteiger partial charge in [-0.25, -0.2) is 9.78 Å². The molecule has 1 aliphatic rings. The van der Waals surface area contributed by atoms with Crippen LogP contribution < -0.4 is 26.4 Å². The number of rotatable bonds is 7. The quantitative estimate of drug-likeness (QED) is 0.271. The van der Waals surface area contributed by atoms with Crippen LogP contribution in [-0.4, -0.2) is 22.0 Å². The van der Waals surface area contributed by atoms with Crippen LogP contribution in [0.2, 0.25) is 5.02 Å². The molecule has 11 heteroatoms. The molecule has 0 saturated heterocycles. The second kappa shape index (κ2) is 9.39. The Morgan fingerprint density at radius 2 is 1.82 bits per heavy atom. The van der Waals surface area contributed by atoms with Crippen LogP contribution in [0.3, 0.4) is 0 Å². The van der Waals surface area contributed by atoms with Gasteiger partial charge in [-0.1, -0.05) is 32.4 Å². The molecular weight excluding hydrogens is 524 g/mol. The van der Waals surface area contributed by atoms with Crippen molar-refractivity contribution in [3.05, 3.63) is 96.4 Å². The monoisotopic (exact) mass is 548 g/mol. The Balaban J connectivity index is 1.51.